The Morgan fingerprint density at radius 2 is 1.69 bits per heavy atom. The highest BCUT2D eigenvalue weighted by Gasteiger charge is 2.08. The van der Waals surface area contributed by atoms with E-state index in [4.69, 9.17) is 0 Å². The normalized spacial score (nSPS) is 10.5. The second-order valence-corrected chi connectivity index (χ2v) is 2.80. The molecule has 1 rings (SSSR count). The van der Waals surface area contributed by atoms with E-state index in [-0.39, 0.29) is 5.56 Å². The SMILES string of the molecule is C[CH]CCc1cc(F)c(F)cc1F. The Bertz CT molecular complexity index is 294. The van der Waals surface area contributed by atoms with Gasteiger partial charge >= 0.3 is 0 Å². The van der Waals surface area contributed by atoms with Crippen LogP contribution < -0.4 is 0 Å². The van der Waals surface area contributed by atoms with Crippen molar-refractivity contribution in [3.05, 3.63) is 41.6 Å². The van der Waals surface area contributed by atoms with Crippen LogP contribution in [0.5, 0.6) is 0 Å². The molecule has 0 N–H and O–H groups in total. The van der Waals surface area contributed by atoms with Gasteiger partial charge in [-0.15, -0.1) is 0 Å². The van der Waals surface area contributed by atoms with Crippen molar-refractivity contribution >= 4 is 0 Å². The summed E-state index contributed by atoms with van der Waals surface area (Å²) in [5.74, 6) is -2.81. The Kier molecular flexibility index (Phi) is 3.34. The molecule has 0 nitrogen and oxygen atoms in total. The van der Waals surface area contributed by atoms with Crippen molar-refractivity contribution in [3.8, 4) is 0 Å². The first-order valence-electron chi connectivity index (χ1n) is 4.06. The van der Waals surface area contributed by atoms with Crippen LogP contribution in [-0.2, 0) is 6.42 Å². The predicted octanol–water partition coefficient (Wildman–Crippen LogP) is 3.26. The molecule has 0 bridgehead atoms. The third-order valence-electron chi connectivity index (χ3n) is 1.79. The van der Waals surface area contributed by atoms with Gasteiger partial charge in [-0.1, -0.05) is 6.92 Å². The first-order valence-corrected chi connectivity index (χ1v) is 4.06. The maximum atomic E-state index is 12.9. The summed E-state index contributed by atoms with van der Waals surface area (Å²) in [6.07, 6.45) is 2.90. The summed E-state index contributed by atoms with van der Waals surface area (Å²) in [7, 11) is 0. The maximum absolute atomic E-state index is 12.9. The van der Waals surface area contributed by atoms with Gasteiger partial charge in [-0.2, -0.15) is 0 Å². The molecule has 0 aliphatic rings. The molecule has 0 saturated heterocycles. The van der Waals surface area contributed by atoms with Crippen molar-refractivity contribution in [3.63, 3.8) is 0 Å². The van der Waals surface area contributed by atoms with Crippen molar-refractivity contribution in [2.24, 2.45) is 0 Å². The Morgan fingerprint density at radius 1 is 1.08 bits per heavy atom. The molecule has 0 heterocycles. The molecule has 3 heteroatoms. The van der Waals surface area contributed by atoms with Crippen LogP contribution in [0.2, 0.25) is 0 Å². The molecule has 0 aliphatic carbocycles. The second-order valence-electron chi connectivity index (χ2n) is 2.80. The van der Waals surface area contributed by atoms with Crippen molar-refractivity contribution in [1.82, 2.24) is 0 Å². The van der Waals surface area contributed by atoms with Gasteiger partial charge in [0.25, 0.3) is 0 Å². The van der Waals surface area contributed by atoms with Gasteiger partial charge in [-0.25, -0.2) is 13.2 Å². The highest BCUT2D eigenvalue weighted by Crippen LogP contribution is 2.15. The van der Waals surface area contributed by atoms with Gasteiger partial charge in [0.1, 0.15) is 5.82 Å². The molecule has 0 atom stereocenters. The Hall–Kier alpha value is -0.990. The van der Waals surface area contributed by atoms with E-state index in [1.165, 1.54) is 0 Å². The molecule has 71 valence electrons. The lowest BCUT2D eigenvalue weighted by molar-refractivity contribution is 0.489. The molecule has 0 amide bonds. The lowest BCUT2D eigenvalue weighted by Gasteiger charge is -2.02. The van der Waals surface area contributed by atoms with Crippen LogP contribution in [0.25, 0.3) is 0 Å². The van der Waals surface area contributed by atoms with Gasteiger partial charge in [0, 0.05) is 6.07 Å². The average Bonchev–Trinajstić information content (AvgIpc) is 2.09. The highest BCUT2D eigenvalue weighted by atomic mass is 19.2. The average molecular weight is 187 g/mol. The van der Waals surface area contributed by atoms with Gasteiger partial charge in [-0.05, 0) is 30.9 Å². The van der Waals surface area contributed by atoms with Crippen molar-refractivity contribution < 1.29 is 13.2 Å². The molecule has 1 aromatic rings. The van der Waals surface area contributed by atoms with E-state index in [1.54, 1.807) is 0 Å². The predicted molar refractivity (Wildman–Crippen MR) is 44.6 cm³/mol. The minimum absolute atomic E-state index is 0.219. The summed E-state index contributed by atoms with van der Waals surface area (Å²) < 4.78 is 38.0. The van der Waals surface area contributed by atoms with Crippen LogP contribution in [0.3, 0.4) is 0 Å². The zero-order valence-electron chi connectivity index (χ0n) is 7.28. The summed E-state index contributed by atoms with van der Waals surface area (Å²) in [5.41, 5.74) is 0.219. The number of hydrogen-bond acceptors (Lipinski definition) is 0. The van der Waals surface area contributed by atoms with Gasteiger partial charge in [0.05, 0.1) is 0 Å². The van der Waals surface area contributed by atoms with Gasteiger partial charge in [-0.3, -0.25) is 0 Å². The Balaban J connectivity index is 2.88. The standard InChI is InChI=1S/C10H10F3/c1-2-3-4-7-5-9(12)10(13)6-8(7)11/h2,5-6H,3-4H2,1H3. The maximum Gasteiger partial charge on any atom is 0.161 e. The molecule has 0 unspecified atom stereocenters. The topological polar surface area (TPSA) is 0 Å². The minimum Gasteiger partial charge on any atom is -0.207 e. The van der Waals surface area contributed by atoms with Crippen molar-refractivity contribution in [1.29, 1.82) is 0 Å². The zero-order valence-corrected chi connectivity index (χ0v) is 7.28. The molecule has 0 saturated carbocycles. The fourth-order valence-electron chi connectivity index (χ4n) is 1.06. The van der Waals surface area contributed by atoms with Gasteiger partial charge < -0.3 is 0 Å². The number of halogens is 3. The zero-order chi connectivity index (χ0) is 9.84. The summed E-state index contributed by atoms with van der Waals surface area (Å²) in [4.78, 5) is 0. The van der Waals surface area contributed by atoms with Crippen LogP contribution in [0.4, 0.5) is 13.2 Å². The van der Waals surface area contributed by atoms with E-state index < -0.39 is 17.5 Å². The number of hydrogen-bond donors (Lipinski definition) is 0. The van der Waals surface area contributed by atoms with E-state index >= 15 is 0 Å². The van der Waals surface area contributed by atoms with E-state index in [0.29, 0.717) is 18.9 Å². The number of rotatable bonds is 3. The van der Waals surface area contributed by atoms with Crippen LogP contribution in [-0.4, -0.2) is 0 Å². The molecule has 1 aromatic carbocycles. The number of unbranched alkanes of at least 4 members (excludes halogenated alkanes) is 1. The molecule has 13 heavy (non-hydrogen) atoms. The molecule has 1 radical (unpaired) electrons. The molecule has 0 aliphatic heterocycles. The minimum atomic E-state index is -1.14. The van der Waals surface area contributed by atoms with Crippen LogP contribution in [0.15, 0.2) is 12.1 Å². The lowest BCUT2D eigenvalue weighted by atomic mass is 10.1. The monoisotopic (exact) mass is 187 g/mol. The summed E-state index contributed by atoms with van der Waals surface area (Å²) in [6.45, 7) is 1.83. The van der Waals surface area contributed by atoms with E-state index in [1.807, 2.05) is 13.3 Å². The molecule has 0 spiro atoms. The van der Waals surface area contributed by atoms with E-state index in [9.17, 15) is 13.2 Å². The number of benzene rings is 1. The Morgan fingerprint density at radius 3 is 2.31 bits per heavy atom. The van der Waals surface area contributed by atoms with Crippen molar-refractivity contribution in [2.45, 2.75) is 19.8 Å². The number of aryl methyl sites for hydroxylation is 1. The lowest BCUT2D eigenvalue weighted by Crippen LogP contribution is -1.95. The van der Waals surface area contributed by atoms with Gasteiger partial charge in [0.15, 0.2) is 11.6 Å². The van der Waals surface area contributed by atoms with E-state index in [0.717, 1.165) is 6.07 Å². The third-order valence-corrected chi connectivity index (χ3v) is 1.79. The largest absolute Gasteiger partial charge is 0.207 e. The van der Waals surface area contributed by atoms with Crippen LogP contribution in [0, 0.1) is 23.9 Å². The molecule has 0 aromatic heterocycles. The van der Waals surface area contributed by atoms with Crippen LogP contribution in [0.1, 0.15) is 18.9 Å². The molecular weight excluding hydrogens is 177 g/mol. The summed E-state index contributed by atoms with van der Waals surface area (Å²) >= 11 is 0. The van der Waals surface area contributed by atoms with E-state index in [2.05, 4.69) is 0 Å². The second kappa shape index (κ2) is 4.30. The van der Waals surface area contributed by atoms with Gasteiger partial charge in [0.2, 0.25) is 0 Å². The Labute approximate surface area is 75.4 Å². The first kappa shape index (κ1) is 10.1. The molecule has 0 fully saturated rings. The fraction of sp³-hybridized carbons (Fsp3) is 0.300. The van der Waals surface area contributed by atoms with Crippen LogP contribution >= 0.6 is 0 Å². The highest BCUT2D eigenvalue weighted by molar-refractivity contribution is 5.20. The third kappa shape index (κ3) is 2.47. The smallest absolute Gasteiger partial charge is 0.161 e. The quantitative estimate of drug-likeness (QED) is 0.637. The summed E-state index contributed by atoms with van der Waals surface area (Å²) in [5, 5.41) is 0. The first-order chi connectivity index (χ1) is 6.15. The molecular formula is C10H10F3. The fourth-order valence-corrected chi connectivity index (χ4v) is 1.06. The summed E-state index contributed by atoms with van der Waals surface area (Å²) in [6, 6.07) is 1.49. The van der Waals surface area contributed by atoms with Crippen molar-refractivity contribution in [2.75, 3.05) is 0 Å².